The van der Waals surface area contributed by atoms with Crippen LogP contribution in [-0.4, -0.2) is 63.4 Å². The first-order chi connectivity index (χ1) is 14.1. The molecule has 29 heavy (non-hydrogen) atoms. The van der Waals surface area contributed by atoms with Crippen molar-refractivity contribution < 1.29 is 9.90 Å². The molecule has 4 rings (SSSR count). The van der Waals surface area contributed by atoms with Gasteiger partial charge < -0.3 is 5.11 Å². The summed E-state index contributed by atoms with van der Waals surface area (Å²) < 4.78 is 2.28. The van der Waals surface area contributed by atoms with Gasteiger partial charge in [0, 0.05) is 23.7 Å². The molecule has 0 spiro atoms. The molecule has 1 saturated carbocycles. The number of carbonyl (C=O) groups is 1. The van der Waals surface area contributed by atoms with E-state index in [0.717, 1.165) is 32.5 Å². The Kier molecular flexibility index (Phi) is 6.31. The van der Waals surface area contributed by atoms with Crippen LogP contribution < -0.4 is 0 Å². The van der Waals surface area contributed by atoms with Crippen LogP contribution in [0.5, 0.6) is 0 Å². The molecule has 6 heteroatoms. The molecule has 0 bridgehead atoms. The number of aliphatic carboxylic acids is 1. The highest BCUT2D eigenvalue weighted by Gasteiger charge is 2.27. The number of hydrogen-bond acceptors (Lipinski definition) is 4. The second kappa shape index (κ2) is 9.09. The van der Waals surface area contributed by atoms with Crippen molar-refractivity contribution in [2.75, 3.05) is 26.7 Å². The van der Waals surface area contributed by atoms with E-state index < -0.39 is 5.97 Å². The van der Waals surface area contributed by atoms with E-state index in [-0.39, 0.29) is 6.54 Å². The second-order valence-corrected chi connectivity index (χ2v) is 8.58. The van der Waals surface area contributed by atoms with Gasteiger partial charge in [-0.3, -0.25) is 19.3 Å². The zero-order chi connectivity index (χ0) is 20.2. The summed E-state index contributed by atoms with van der Waals surface area (Å²) in [5.74, 6) is -0.748. The van der Waals surface area contributed by atoms with E-state index in [1.807, 2.05) is 11.9 Å². The molecule has 0 radical (unpaired) electrons. The van der Waals surface area contributed by atoms with Crippen LogP contribution in [0.4, 0.5) is 0 Å². The Hall–Kier alpha value is -2.18. The van der Waals surface area contributed by atoms with Crippen molar-refractivity contribution in [1.29, 1.82) is 0 Å². The van der Waals surface area contributed by atoms with Gasteiger partial charge in [-0.25, -0.2) is 0 Å². The summed E-state index contributed by atoms with van der Waals surface area (Å²) >= 11 is 0. The van der Waals surface area contributed by atoms with Crippen molar-refractivity contribution in [3.05, 3.63) is 42.1 Å². The second-order valence-electron chi connectivity index (χ2n) is 8.58. The first-order valence-electron chi connectivity index (χ1n) is 10.9. The van der Waals surface area contributed by atoms with Gasteiger partial charge in [0.2, 0.25) is 0 Å². The molecule has 1 saturated heterocycles. The van der Waals surface area contributed by atoms with Crippen LogP contribution in [0, 0.1) is 0 Å². The van der Waals surface area contributed by atoms with Crippen molar-refractivity contribution >= 4 is 5.97 Å². The number of rotatable bonds is 7. The van der Waals surface area contributed by atoms with Crippen LogP contribution in [0.25, 0.3) is 11.3 Å². The van der Waals surface area contributed by atoms with Gasteiger partial charge in [0.25, 0.3) is 0 Å². The van der Waals surface area contributed by atoms with Crippen molar-refractivity contribution in [2.24, 2.45) is 0 Å². The molecule has 1 aliphatic heterocycles. The van der Waals surface area contributed by atoms with Gasteiger partial charge in [0.15, 0.2) is 0 Å². The maximum Gasteiger partial charge on any atom is 0.317 e. The summed E-state index contributed by atoms with van der Waals surface area (Å²) in [4.78, 5) is 15.5. The zero-order valence-electron chi connectivity index (χ0n) is 17.3. The average Bonchev–Trinajstić information content (AvgIpc) is 3.38. The number of carboxylic acids is 1. The molecule has 156 valence electrons. The van der Waals surface area contributed by atoms with E-state index in [9.17, 15) is 4.79 Å². The minimum Gasteiger partial charge on any atom is -0.480 e. The molecule has 0 atom stereocenters. The Morgan fingerprint density at radius 3 is 2.48 bits per heavy atom. The SMILES string of the molecule is CN(CC(=O)O)C1CCN(Cc2cnn(C3CCCC3)c2-c2ccccc2)CC1. The van der Waals surface area contributed by atoms with E-state index >= 15 is 0 Å². The smallest absolute Gasteiger partial charge is 0.317 e. The maximum absolute atomic E-state index is 11.0. The monoisotopic (exact) mass is 396 g/mol. The van der Waals surface area contributed by atoms with E-state index in [2.05, 4.69) is 46.1 Å². The minimum absolute atomic E-state index is 0.122. The van der Waals surface area contributed by atoms with Crippen LogP contribution in [0.1, 0.15) is 50.1 Å². The first kappa shape index (κ1) is 20.1. The molecule has 2 fully saturated rings. The molecule has 0 unspecified atom stereocenters. The van der Waals surface area contributed by atoms with Crippen LogP contribution in [-0.2, 0) is 11.3 Å². The van der Waals surface area contributed by atoms with Gasteiger partial charge in [-0.1, -0.05) is 43.2 Å². The molecule has 2 heterocycles. The number of nitrogens with zero attached hydrogens (tertiary/aromatic N) is 4. The number of hydrogen-bond donors (Lipinski definition) is 1. The number of carboxylic acid groups (broad SMARTS) is 1. The third-order valence-electron chi connectivity index (χ3n) is 6.55. The lowest BCUT2D eigenvalue weighted by molar-refractivity contribution is -0.138. The Bertz CT molecular complexity index is 806. The van der Waals surface area contributed by atoms with E-state index in [1.165, 1.54) is 42.5 Å². The summed E-state index contributed by atoms with van der Waals surface area (Å²) in [6.45, 7) is 3.03. The summed E-state index contributed by atoms with van der Waals surface area (Å²) in [6, 6.07) is 11.5. The molecule has 0 amide bonds. The van der Waals surface area contributed by atoms with Crippen LogP contribution in [0.3, 0.4) is 0 Å². The molecule has 1 aromatic carbocycles. The molecular weight excluding hydrogens is 364 g/mol. The number of benzene rings is 1. The van der Waals surface area contributed by atoms with Crippen molar-refractivity contribution in [2.45, 2.75) is 57.2 Å². The fourth-order valence-electron chi connectivity index (χ4n) is 4.95. The Morgan fingerprint density at radius 2 is 1.83 bits per heavy atom. The van der Waals surface area contributed by atoms with Gasteiger partial charge in [-0.15, -0.1) is 0 Å². The summed E-state index contributed by atoms with van der Waals surface area (Å²) in [5.41, 5.74) is 3.84. The molecule has 1 aliphatic carbocycles. The largest absolute Gasteiger partial charge is 0.480 e. The lowest BCUT2D eigenvalue weighted by atomic mass is 10.0. The zero-order valence-corrected chi connectivity index (χ0v) is 17.3. The molecular formula is C23H32N4O2. The maximum atomic E-state index is 11.0. The lowest BCUT2D eigenvalue weighted by Gasteiger charge is -2.36. The fourth-order valence-corrected chi connectivity index (χ4v) is 4.95. The van der Waals surface area contributed by atoms with Crippen LogP contribution in [0.2, 0.25) is 0 Å². The average molecular weight is 397 g/mol. The van der Waals surface area contributed by atoms with Crippen LogP contribution in [0.15, 0.2) is 36.5 Å². The number of likely N-dealkylation sites (tertiary alicyclic amines) is 1. The topological polar surface area (TPSA) is 61.6 Å². The normalized spacial score (nSPS) is 19.2. The predicted octanol–water partition coefficient (Wildman–Crippen LogP) is 3.65. The van der Waals surface area contributed by atoms with E-state index in [4.69, 9.17) is 10.2 Å². The summed E-state index contributed by atoms with van der Waals surface area (Å²) in [5, 5.41) is 13.9. The summed E-state index contributed by atoms with van der Waals surface area (Å²) in [6.07, 6.45) is 9.15. The third-order valence-corrected chi connectivity index (χ3v) is 6.55. The Labute approximate surface area is 173 Å². The molecule has 1 N–H and O–H groups in total. The van der Waals surface area contributed by atoms with Crippen molar-refractivity contribution in [1.82, 2.24) is 19.6 Å². The van der Waals surface area contributed by atoms with E-state index in [0.29, 0.717) is 12.1 Å². The first-order valence-corrected chi connectivity index (χ1v) is 10.9. The lowest BCUT2D eigenvalue weighted by Crippen LogP contribution is -2.44. The van der Waals surface area contributed by atoms with Crippen LogP contribution >= 0.6 is 0 Å². The third kappa shape index (κ3) is 4.70. The number of aromatic nitrogens is 2. The summed E-state index contributed by atoms with van der Waals surface area (Å²) in [7, 11) is 1.92. The number of likely N-dealkylation sites (N-methyl/N-ethyl adjacent to an activating group) is 1. The number of piperidine rings is 1. The molecule has 6 nitrogen and oxygen atoms in total. The standard InChI is InChI=1S/C23H32N4O2/c1-25(17-22(28)29)20-11-13-26(14-12-20)16-19-15-24-27(21-9-5-6-10-21)23(19)18-7-3-2-4-8-18/h2-4,7-8,15,20-21H,5-6,9-14,16-17H2,1H3,(H,28,29). The van der Waals surface area contributed by atoms with Gasteiger partial charge >= 0.3 is 5.97 Å². The van der Waals surface area contributed by atoms with Gasteiger partial charge in [-0.2, -0.15) is 5.10 Å². The van der Waals surface area contributed by atoms with Gasteiger partial charge in [-0.05, 0) is 45.8 Å². The molecule has 2 aliphatic rings. The fraction of sp³-hybridized carbons (Fsp3) is 0.565. The van der Waals surface area contributed by atoms with Gasteiger partial charge in [0.1, 0.15) is 0 Å². The van der Waals surface area contributed by atoms with Crippen molar-refractivity contribution in [3.8, 4) is 11.3 Å². The predicted molar refractivity (Wildman–Crippen MR) is 114 cm³/mol. The minimum atomic E-state index is -0.748. The molecule has 1 aromatic heterocycles. The molecule has 2 aromatic rings. The van der Waals surface area contributed by atoms with Gasteiger partial charge in [0.05, 0.1) is 24.5 Å². The Morgan fingerprint density at radius 1 is 1.14 bits per heavy atom. The highest BCUT2D eigenvalue weighted by atomic mass is 16.4. The quantitative estimate of drug-likeness (QED) is 0.774. The van der Waals surface area contributed by atoms with Crippen molar-refractivity contribution in [3.63, 3.8) is 0 Å². The Balaban J connectivity index is 1.47. The highest BCUT2D eigenvalue weighted by Crippen LogP contribution is 2.35. The van der Waals surface area contributed by atoms with E-state index in [1.54, 1.807) is 0 Å². The highest BCUT2D eigenvalue weighted by molar-refractivity contribution is 5.69.